The number of rotatable bonds is 9. The molecular weight excluding hydrogens is 196 g/mol. The van der Waals surface area contributed by atoms with Gasteiger partial charge in [-0.15, -0.1) is 0 Å². The molecule has 15 heavy (non-hydrogen) atoms. The first kappa shape index (κ1) is 14.1. The van der Waals surface area contributed by atoms with Crippen molar-refractivity contribution in [1.29, 1.82) is 0 Å². The van der Waals surface area contributed by atoms with E-state index in [0.29, 0.717) is 19.5 Å². The van der Waals surface area contributed by atoms with E-state index in [4.69, 9.17) is 5.21 Å². The average molecular weight is 216 g/mol. The van der Waals surface area contributed by atoms with Crippen LogP contribution in [0.15, 0.2) is 0 Å². The molecule has 88 valence electrons. The van der Waals surface area contributed by atoms with Crippen molar-refractivity contribution < 1.29 is 14.8 Å². The molecule has 0 aliphatic heterocycles. The number of nitrogens with zero attached hydrogens (tertiary/aromatic N) is 1. The van der Waals surface area contributed by atoms with Crippen LogP contribution in [-0.4, -0.2) is 42.6 Å². The lowest BCUT2D eigenvalue weighted by Gasteiger charge is -2.07. The summed E-state index contributed by atoms with van der Waals surface area (Å²) in [7, 11) is 1.61. The molecule has 0 saturated carbocycles. The molecular formula is C10H20N2O3. The summed E-state index contributed by atoms with van der Waals surface area (Å²) in [6.45, 7) is 1.30. The summed E-state index contributed by atoms with van der Waals surface area (Å²) >= 11 is 0. The Kier molecular flexibility index (Phi) is 9.01. The van der Waals surface area contributed by atoms with E-state index in [0.717, 1.165) is 30.6 Å². The fourth-order valence-electron chi connectivity index (χ4n) is 1.15. The first-order chi connectivity index (χ1) is 7.16. The molecule has 5 nitrogen and oxygen atoms in total. The molecule has 2 N–H and O–H groups in total. The third kappa shape index (κ3) is 11.0. The molecule has 5 heteroatoms. The van der Waals surface area contributed by atoms with Gasteiger partial charge in [-0.2, -0.15) is 5.06 Å². The number of hydroxylamine groups is 2. The molecule has 0 spiro atoms. The summed E-state index contributed by atoms with van der Waals surface area (Å²) in [5.74, 6) is -0.0682. The molecule has 0 atom stereocenters. The van der Waals surface area contributed by atoms with Gasteiger partial charge in [0, 0.05) is 33.0 Å². The first-order valence-electron chi connectivity index (χ1n) is 5.27. The molecule has 0 rings (SSSR count). The molecule has 0 aromatic rings. The molecule has 0 radical (unpaired) electrons. The van der Waals surface area contributed by atoms with Crippen LogP contribution < -0.4 is 5.32 Å². The molecule has 0 saturated heterocycles. The van der Waals surface area contributed by atoms with Gasteiger partial charge < -0.3 is 15.3 Å². The van der Waals surface area contributed by atoms with E-state index in [1.165, 1.54) is 0 Å². The molecule has 0 heterocycles. The molecule has 0 aromatic carbocycles. The van der Waals surface area contributed by atoms with Crippen molar-refractivity contribution >= 4 is 12.2 Å². The monoisotopic (exact) mass is 216 g/mol. The quantitative estimate of drug-likeness (QED) is 0.336. The Morgan fingerprint density at radius 3 is 2.73 bits per heavy atom. The van der Waals surface area contributed by atoms with Crippen molar-refractivity contribution in [2.24, 2.45) is 0 Å². The van der Waals surface area contributed by atoms with Crippen LogP contribution in [0.5, 0.6) is 0 Å². The van der Waals surface area contributed by atoms with Gasteiger partial charge in [-0.3, -0.25) is 4.79 Å². The molecule has 0 aliphatic carbocycles. The van der Waals surface area contributed by atoms with E-state index in [1.54, 1.807) is 7.05 Å². The zero-order valence-corrected chi connectivity index (χ0v) is 9.24. The zero-order valence-electron chi connectivity index (χ0n) is 9.24. The van der Waals surface area contributed by atoms with Gasteiger partial charge in [0.2, 0.25) is 5.91 Å². The van der Waals surface area contributed by atoms with E-state index >= 15 is 0 Å². The maximum Gasteiger partial charge on any atom is 0.220 e. The SMILES string of the molecule is CN(O)CCCCCNC(=O)CCC=O. The largest absolute Gasteiger partial charge is 0.356 e. The molecule has 0 bridgehead atoms. The first-order valence-corrected chi connectivity index (χ1v) is 5.27. The maximum absolute atomic E-state index is 11.0. The average Bonchev–Trinajstić information content (AvgIpc) is 2.19. The summed E-state index contributed by atoms with van der Waals surface area (Å²) in [5.41, 5.74) is 0. The number of amides is 1. The Morgan fingerprint density at radius 2 is 2.13 bits per heavy atom. The minimum atomic E-state index is -0.0682. The van der Waals surface area contributed by atoms with Crippen LogP contribution in [-0.2, 0) is 9.59 Å². The van der Waals surface area contributed by atoms with E-state index in [9.17, 15) is 9.59 Å². The molecule has 0 aromatic heterocycles. The van der Waals surface area contributed by atoms with Crippen molar-refractivity contribution in [2.75, 3.05) is 20.1 Å². The minimum Gasteiger partial charge on any atom is -0.356 e. The highest BCUT2D eigenvalue weighted by Gasteiger charge is 1.99. The van der Waals surface area contributed by atoms with Crippen LogP contribution >= 0.6 is 0 Å². The Morgan fingerprint density at radius 1 is 1.40 bits per heavy atom. The number of carbonyl (C=O) groups is 2. The third-order valence-corrected chi connectivity index (χ3v) is 1.97. The summed E-state index contributed by atoms with van der Waals surface area (Å²) < 4.78 is 0. The second kappa shape index (κ2) is 9.61. The smallest absolute Gasteiger partial charge is 0.220 e. The number of carbonyl (C=O) groups excluding carboxylic acids is 2. The van der Waals surface area contributed by atoms with Gasteiger partial charge in [0.15, 0.2) is 0 Å². The van der Waals surface area contributed by atoms with E-state index in [-0.39, 0.29) is 12.3 Å². The minimum absolute atomic E-state index is 0.0682. The topological polar surface area (TPSA) is 69.6 Å². The summed E-state index contributed by atoms with van der Waals surface area (Å²) in [5, 5.41) is 12.7. The lowest BCUT2D eigenvalue weighted by molar-refractivity contribution is -0.122. The lowest BCUT2D eigenvalue weighted by atomic mass is 10.2. The summed E-state index contributed by atoms with van der Waals surface area (Å²) in [4.78, 5) is 21.0. The number of hydrogen-bond acceptors (Lipinski definition) is 4. The van der Waals surface area contributed by atoms with Gasteiger partial charge in [0.25, 0.3) is 0 Å². The summed E-state index contributed by atoms with van der Waals surface area (Å²) in [6, 6.07) is 0. The van der Waals surface area contributed by atoms with Crippen LogP contribution in [0.1, 0.15) is 32.1 Å². The van der Waals surface area contributed by atoms with Crippen LogP contribution in [0.2, 0.25) is 0 Å². The third-order valence-electron chi connectivity index (χ3n) is 1.97. The number of unbranched alkanes of at least 4 members (excludes halogenated alkanes) is 2. The molecule has 0 aliphatic rings. The van der Waals surface area contributed by atoms with Crippen molar-refractivity contribution in [2.45, 2.75) is 32.1 Å². The number of hydrogen-bond donors (Lipinski definition) is 2. The maximum atomic E-state index is 11.0. The highest BCUT2D eigenvalue weighted by molar-refractivity contribution is 5.77. The van der Waals surface area contributed by atoms with E-state index in [1.807, 2.05) is 0 Å². The molecule has 1 amide bonds. The highest BCUT2D eigenvalue weighted by Crippen LogP contribution is 1.95. The van der Waals surface area contributed by atoms with Gasteiger partial charge in [0.1, 0.15) is 6.29 Å². The second-order valence-corrected chi connectivity index (χ2v) is 3.50. The van der Waals surface area contributed by atoms with E-state index in [2.05, 4.69) is 5.32 Å². The Bertz CT molecular complexity index is 184. The van der Waals surface area contributed by atoms with Crippen LogP contribution in [0.25, 0.3) is 0 Å². The van der Waals surface area contributed by atoms with Crippen molar-refractivity contribution in [3.63, 3.8) is 0 Å². The van der Waals surface area contributed by atoms with Gasteiger partial charge in [-0.05, 0) is 12.8 Å². The predicted octanol–water partition coefficient (Wildman–Crippen LogP) is 0.573. The van der Waals surface area contributed by atoms with Crippen molar-refractivity contribution in [3.05, 3.63) is 0 Å². The predicted molar refractivity (Wildman–Crippen MR) is 56.6 cm³/mol. The standard InChI is InChI=1S/C10H20N2O3/c1-12(15)8-4-2-3-7-11-10(14)6-5-9-13/h9,15H,2-8H2,1H3,(H,11,14). The van der Waals surface area contributed by atoms with Crippen molar-refractivity contribution in [3.8, 4) is 0 Å². The second-order valence-electron chi connectivity index (χ2n) is 3.50. The van der Waals surface area contributed by atoms with Crippen molar-refractivity contribution in [1.82, 2.24) is 10.4 Å². The zero-order chi connectivity index (χ0) is 11.5. The van der Waals surface area contributed by atoms with Gasteiger partial charge in [-0.1, -0.05) is 6.42 Å². The van der Waals surface area contributed by atoms with Crippen LogP contribution in [0, 0.1) is 0 Å². The number of nitrogens with one attached hydrogen (secondary N) is 1. The molecule has 0 fully saturated rings. The van der Waals surface area contributed by atoms with Gasteiger partial charge in [0.05, 0.1) is 0 Å². The van der Waals surface area contributed by atoms with Crippen LogP contribution in [0.4, 0.5) is 0 Å². The molecule has 0 unspecified atom stereocenters. The highest BCUT2D eigenvalue weighted by atomic mass is 16.5. The number of aldehydes is 1. The van der Waals surface area contributed by atoms with Crippen LogP contribution in [0.3, 0.4) is 0 Å². The Labute approximate surface area is 90.4 Å². The fourth-order valence-corrected chi connectivity index (χ4v) is 1.15. The normalized spacial score (nSPS) is 10.3. The Balaban J connectivity index is 3.16. The lowest BCUT2D eigenvalue weighted by Crippen LogP contribution is -2.24. The van der Waals surface area contributed by atoms with E-state index < -0.39 is 0 Å². The fraction of sp³-hybridized carbons (Fsp3) is 0.800. The van der Waals surface area contributed by atoms with Gasteiger partial charge in [-0.25, -0.2) is 0 Å². The van der Waals surface area contributed by atoms with Gasteiger partial charge >= 0.3 is 0 Å². The summed E-state index contributed by atoms with van der Waals surface area (Å²) in [6.07, 6.45) is 4.11. The Hall–Kier alpha value is -0.940.